The van der Waals surface area contributed by atoms with Crippen LogP contribution in [0.5, 0.6) is 0 Å². The highest BCUT2D eigenvalue weighted by molar-refractivity contribution is 7.47. The predicted molar refractivity (Wildman–Crippen MR) is 363 cm³/mol. The summed E-state index contributed by atoms with van der Waals surface area (Å²) in [4.78, 5) is 72.6. The van der Waals surface area contributed by atoms with Gasteiger partial charge in [-0.15, -0.1) is 0 Å². The SMILES string of the molecule is CCC(C)CCCCCCCCC(=O)OC[C@H](COP(=O)(O)OC[C@H](O)COP(=O)(O)OC[C@@H](COC(=O)CCCCCCCCCCCCC(C)C)OC(=O)CCCCCCCCCCCCC(C)C)OC(=O)CCCCCCCCCCCCCC(C)C. The van der Waals surface area contributed by atoms with E-state index in [0.29, 0.717) is 25.7 Å². The van der Waals surface area contributed by atoms with Crippen LogP contribution in [-0.4, -0.2) is 96.7 Å². The number of carbonyl (C=O) groups is 4. The minimum atomic E-state index is -4.95. The van der Waals surface area contributed by atoms with E-state index in [1.165, 1.54) is 148 Å². The minimum Gasteiger partial charge on any atom is -0.462 e. The third kappa shape index (κ3) is 63.5. The Kier molecular flexibility index (Phi) is 59.4. The molecule has 0 saturated carbocycles. The molecule has 0 aromatic rings. The number of hydrogen-bond acceptors (Lipinski definition) is 15. The van der Waals surface area contributed by atoms with Gasteiger partial charge in [0.1, 0.15) is 19.3 Å². The van der Waals surface area contributed by atoms with Gasteiger partial charge in [-0.1, -0.05) is 299 Å². The summed E-state index contributed by atoms with van der Waals surface area (Å²) in [5, 5.41) is 10.6. The Morgan fingerprint density at radius 1 is 0.311 bits per heavy atom. The molecule has 19 heteroatoms. The number of hydrogen-bond donors (Lipinski definition) is 3. The van der Waals surface area contributed by atoms with Crippen LogP contribution in [0.15, 0.2) is 0 Å². The molecule has 0 aromatic heterocycles. The van der Waals surface area contributed by atoms with E-state index in [0.717, 1.165) is 120 Å². The maximum absolute atomic E-state index is 13.0. The summed E-state index contributed by atoms with van der Waals surface area (Å²) in [6.07, 6.45) is 43.0. The molecule has 90 heavy (non-hydrogen) atoms. The second-order valence-corrected chi connectivity index (χ2v) is 30.2. The highest BCUT2D eigenvalue weighted by Crippen LogP contribution is 2.45. The number of esters is 4. The summed E-state index contributed by atoms with van der Waals surface area (Å²) < 4.78 is 68.3. The van der Waals surface area contributed by atoms with Gasteiger partial charge in [0.25, 0.3) is 0 Å². The molecule has 0 saturated heterocycles. The lowest BCUT2D eigenvalue weighted by Gasteiger charge is -2.21. The van der Waals surface area contributed by atoms with Gasteiger partial charge < -0.3 is 33.8 Å². The molecule has 0 fully saturated rings. The summed E-state index contributed by atoms with van der Waals surface area (Å²) in [5.74, 6) is 0.878. The molecule has 534 valence electrons. The Bertz CT molecular complexity index is 1780. The zero-order chi connectivity index (χ0) is 66.8. The van der Waals surface area contributed by atoms with Crippen molar-refractivity contribution in [3.8, 4) is 0 Å². The molecule has 17 nitrogen and oxygen atoms in total. The molecule has 0 aliphatic carbocycles. The van der Waals surface area contributed by atoms with Gasteiger partial charge in [-0.2, -0.15) is 0 Å². The van der Waals surface area contributed by atoms with Gasteiger partial charge in [-0.25, -0.2) is 9.13 Å². The van der Waals surface area contributed by atoms with Crippen LogP contribution < -0.4 is 0 Å². The van der Waals surface area contributed by atoms with Gasteiger partial charge in [0.05, 0.1) is 26.4 Å². The van der Waals surface area contributed by atoms with E-state index in [4.69, 9.17) is 37.0 Å². The van der Waals surface area contributed by atoms with Gasteiger partial charge >= 0.3 is 39.5 Å². The van der Waals surface area contributed by atoms with Crippen LogP contribution in [0.3, 0.4) is 0 Å². The number of rotatable bonds is 68. The van der Waals surface area contributed by atoms with E-state index in [-0.39, 0.29) is 25.7 Å². The van der Waals surface area contributed by atoms with Crippen molar-refractivity contribution in [2.24, 2.45) is 23.7 Å². The quantitative estimate of drug-likeness (QED) is 0.0222. The van der Waals surface area contributed by atoms with E-state index in [1.807, 2.05) is 0 Å². The monoisotopic (exact) mass is 1320 g/mol. The fourth-order valence-electron chi connectivity index (χ4n) is 10.6. The maximum Gasteiger partial charge on any atom is 0.472 e. The lowest BCUT2D eigenvalue weighted by Crippen LogP contribution is -2.30. The van der Waals surface area contributed by atoms with Gasteiger partial charge in [0, 0.05) is 25.7 Å². The summed E-state index contributed by atoms with van der Waals surface area (Å²) in [7, 11) is -9.91. The molecule has 0 aliphatic heterocycles. The van der Waals surface area contributed by atoms with E-state index in [9.17, 15) is 43.2 Å². The number of ether oxygens (including phenoxy) is 4. The molecule has 0 spiro atoms. The summed E-state index contributed by atoms with van der Waals surface area (Å²) >= 11 is 0. The van der Waals surface area contributed by atoms with Crippen molar-refractivity contribution in [3.05, 3.63) is 0 Å². The number of carbonyl (C=O) groups excluding carboxylic acids is 4. The molecular formula is C71H138O17P2. The summed E-state index contributed by atoms with van der Waals surface area (Å²) in [5.41, 5.74) is 0. The van der Waals surface area contributed by atoms with E-state index >= 15 is 0 Å². The van der Waals surface area contributed by atoms with Gasteiger partial charge in [-0.05, 0) is 49.4 Å². The number of phosphoric ester groups is 2. The Hall–Kier alpha value is -1.94. The molecule has 6 atom stereocenters. The van der Waals surface area contributed by atoms with Crippen molar-refractivity contribution < 1.29 is 80.2 Å². The second-order valence-electron chi connectivity index (χ2n) is 27.3. The number of aliphatic hydroxyl groups is 1. The molecule has 3 N–H and O–H groups in total. The standard InChI is InChI=1S/C71H138O17P2/c1-9-64(8)50-42-34-29-30-36-44-52-69(74)82-58-67(88-70(75)53-45-37-27-21-12-10-11-17-23-31-39-47-61(2)3)60-86-90(79,80)84-56-65(72)55-83-89(77,78)85-59-66(87-71(76)54-46-38-28-22-16-14-19-25-33-41-49-63(6)7)57-81-68(73)51-43-35-26-20-15-13-18-24-32-40-48-62(4)5/h61-67,72H,9-60H2,1-8H3,(H,77,78)(H,79,80)/t64?,65-,66-,67-/m1/s1. The average molecular weight is 1330 g/mol. The van der Waals surface area contributed by atoms with Crippen LogP contribution in [0, 0.1) is 23.7 Å². The molecule has 0 aliphatic rings. The van der Waals surface area contributed by atoms with Gasteiger partial charge in [0.2, 0.25) is 0 Å². The third-order valence-electron chi connectivity index (χ3n) is 16.7. The van der Waals surface area contributed by atoms with Crippen LogP contribution in [0.2, 0.25) is 0 Å². The Balaban J connectivity index is 5.27. The van der Waals surface area contributed by atoms with Crippen molar-refractivity contribution in [2.45, 2.75) is 369 Å². The van der Waals surface area contributed by atoms with Gasteiger partial charge in [-0.3, -0.25) is 37.3 Å². The van der Waals surface area contributed by atoms with Crippen LogP contribution in [0.4, 0.5) is 0 Å². The van der Waals surface area contributed by atoms with E-state index in [1.54, 1.807) is 0 Å². The highest BCUT2D eigenvalue weighted by atomic mass is 31.2. The first-order valence-corrected chi connectivity index (χ1v) is 39.7. The maximum atomic E-state index is 13.0. The molecule has 0 rings (SSSR count). The molecule has 3 unspecified atom stereocenters. The molecule has 0 aromatic carbocycles. The highest BCUT2D eigenvalue weighted by Gasteiger charge is 2.30. The second kappa shape index (κ2) is 60.7. The lowest BCUT2D eigenvalue weighted by molar-refractivity contribution is -0.161. The minimum absolute atomic E-state index is 0.105. The van der Waals surface area contributed by atoms with Crippen LogP contribution in [0.1, 0.15) is 351 Å². The zero-order valence-electron chi connectivity index (χ0n) is 58.8. The summed E-state index contributed by atoms with van der Waals surface area (Å²) in [6.45, 7) is 14.1. The molecular weight excluding hydrogens is 1190 g/mol. The molecule has 0 radical (unpaired) electrons. The topological polar surface area (TPSA) is 237 Å². The zero-order valence-corrected chi connectivity index (χ0v) is 60.6. The number of phosphoric acid groups is 2. The third-order valence-corrected chi connectivity index (χ3v) is 18.6. The van der Waals surface area contributed by atoms with Crippen LogP contribution >= 0.6 is 15.6 Å². The number of aliphatic hydroxyl groups excluding tert-OH is 1. The van der Waals surface area contributed by atoms with Crippen molar-refractivity contribution in [2.75, 3.05) is 39.6 Å². The van der Waals surface area contributed by atoms with Crippen LogP contribution in [0.25, 0.3) is 0 Å². The Labute approximate surface area is 549 Å². The van der Waals surface area contributed by atoms with E-state index < -0.39 is 97.5 Å². The fraction of sp³-hybridized carbons (Fsp3) is 0.944. The van der Waals surface area contributed by atoms with Crippen LogP contribution in [-0.2, 0) is 65.4 Å². The first-order valence-electron chi connectivity index (χ1n) is 36.7. The number of unbranched alkanes of at least 4 members (excludes halogenated alkanes) is 33. The smallest absolute Gasteiger partial charge is 0.462 e. The van der Waals surface area contributed by atoms with Crippen molar-refractivity contribution in [3.63, 3.8) is 0 Å². The summed E-state index contributed by atoms with van der Waals surface area (Å²) in [6, 6.07) is 0. The molecule has 0 heterocycles. The first kappa shape index (κ1) is 88.1. The lowest BCUT2D eigenvalue weighted by atomic mass is 10.00. The van der Waals surface area contributed by atoms with E-state index in [2.05, 4.69) is 55.4 Å². The molecule has 0 bridgehead atoms. The first-order chi connectivity index (χ1) is 43.1. The normalized spacial score (nSPS) is 14.6. The fourth-order valence-corrected chi connectivity index (χ4v) is 12.2. The molecule has 0 amide bonds. The Morgan fingerprint density at radius 3 is 0.789 bits per heavy atom. The van der Waals surface area contributed by atoms with Crippen molar-refractivity contribution in [1.29, 1.82) is 0 Å². The van der Waals surface area contributed by atoms with Crippen molar-refractivity contribution >= 4 is 39.5 Å². The largest absolute Gasteiger partial charge is 0.472 e. The van der Waals surface area contributed by atoms with Gasteiger partial charge in [0.15, 0.2) is 12.2 Å². The predicted octanol–water partition coefficient (Wildman–Crippen LogP) is 20.1. The average Bonchev–Trinajstić information content (AvgIpc) is 3.43. The van der Waals surface area contributed by atoms with Crippen molar-refractivity contribution in [1.82, 2.24) is 0 Å². The Morgan fingerprint density at radius 2 is 0.533 bits per heavy atom.